The molecule has 6 atom stereocenters. The van der Waals surface area contributed by atoms with E-state index in [-0.39, 0.29) is 25.9 Å². The van der Waals surface area contributed by atoms with Crippen LogP contribution in [0.5, 0.6) is 0 Å². The molecule has 0 aromatic heterocycles. The second kappa shape index (κ2) is 46.9. The van der Waals surface area contributed by atoms with Gasteiger partial charge in [0.2, 0.25) is 0 Å². The molecule has 0 saturated carbocycles. The van der Waals surface area contributed by atoms with Crippen molar-refractivity contribution in [2.24, 2.45) is 0 Å². The number of allylic oxidation sites excluding steroid dienone is 14. The molecule has 0 aromatic carbocycles. The monoisotopic (exact) mass is 997 g/mol. The van der Waals surface area contributed by atoms with Crippen molar-refractivity contribution in [2.75, 3.05) is 13.2 Å². The molecule has 0 radical (unpaired) electrons. The van der Waals surface area contributed by atoms with Gasteiger partial charge in [0.15, 0.2) is 24.6 Å². The Morgan fingerprint density at radius 3 is 1.38 bits per heavy atom. The van der Waals surface area contributed by atoms with Crippen LogP contribution in [0.3, 0.4) is 0 Å². The van der Waals surface area contributed by atoms with E-state index in [1.54, 1.807) is 0 Å². The van der Waals surface area contributed by atoms with Gasteiger partial charge in [0.25, 0.3) is 0 Å². The summed E-state index contributed by atoms with van der Waals surface area (Å²) in [4.78, 5) is 50.9. The molecule has 0 spiro atoms. The molecule has 1 aliphatic heterocycles. The summed E-state index contributed by atoms with van der Waals surface area (Å²) in [7, 11) is 0. The quantitative estimate of drug-likeness (QED) is 0.0228. The van der Waals surface area contributed by atoms with Crippen molar-refractivity contribution >= 4 is 23.9 Å². The number of carboxylic acid groups (broad SMARTS) is 1. The minimum absolute atomic E-state index is 0.0188. The first-order valence-electron chi connectivity index (χ1n) is 27.6. The van der Waals surface area contributed by atoms with E-state index in [9.17, 15) is 34.5 Å². The number of hydrogen-bond acceptors (Lipinski definition) is 11. The molecule has 6 unspecified atom stereocenters. The number of carboxylic acids is 1. The Morgan fingerprint density at radius 2 is 0.887 bits per heavy atom. The number of carbonyl (C=O) groups excluding carboxylic acids is 3. The summed E-state index contributed by atoms with van der Waals surface area (Å²) >= 11 is 0. The fourth-order valence-electron chi connectivity index (χ4n) is 7.78. The highest BCUT2D eigenvalue weighted by atomic mass is 16.7. The first kappa shape index (κ1) is 64.9. The average Bonchev–Trinajstić information content (AvgIpc) is 3.35. The summed E-state index contributed by atoms with van der Waals surface area (Å²) in [5.41, 5.74) is 0. The zero-order valence-electron chi connectivity index (χ0n) is 44.2. The maximum absolute atomic E-state index is 13.1. The van der Waals surface area contributed by atoms with Crippen LogP contribution >= 0.6 is 0 Å². The lowest BCUT2D eigenvalue weighted by molar-refractivity contribution is -0.301. The lowest BCUT2D eigenvalue weighted by Gasteiger charge is -2.40. The van der Waals surface area contributed by atoms with E-state index in [4.69, 9.17) is 23.7 Å². The lowest BCUT2D eigenvalue weighted by Crippen LogP contribution is -2.61. The lowest BCUT2D eigenvalue weighted by atomic mass is 9.98. The third kappa shape index (κ3) is 37.3. The first-order valence-corrected chi connectivity index (χ1v) is 27.6. The molecule has 1 rings (SSSR count). The molecule has 12 heteroatoms. The van der Waals surface area contributed by atoms with Gasteiger partial charge in [-0.3, -0.25) is 14.4 Å². The maximum Gasteiger partial charge on any atom is 0.335 e. The van der Waals surface area contributed by atoms with Gasteiger partial charge in [0.05, 0.1) is 6.61 Å². The number of ether oxygens (including phenoxy) is 5. The normalized spacial score (nSPS) is 19.1. The van der Waals surface area contributed by atoms with Gasteiger partial charge in [-0.15, -0.1) is 0 Å². The van der Waals surface area contributed by atoms with Gasteiger partial charge in [0, 0.05) is 19.3 Å². The van der Waals surface area contributed by atoms with Crippen LogP contribution in [0, 0.1) is 0 Å². The van der Waals surface area contributed by atoms with E-state index in [2.05, 4.69) is 106 Å². The van der Waals surface area contributed by atoms with Crippen molar-refractivity contribution in [3.05, 3.63) is 85.1 Å². The van der Waals surface area contributed by atoms with E-state index in [0.717, 1.165) is 96.3 Å². The van der Waals surface area contributed by atoms with E-state index in [1.807, 2.05) is 0 Å². The van der Waals surface area contributed by atoms with Gasteiger partial charge in [-0.1, -0.05) is 189 Å². The number of carbonyl (C=O) groups is 4. The molecule has 12 nitrogen and oxygen atoms in total. The Balaban J connectivity index is 2.76. The van der Waals surface area contributed by atoms with Crippen molar-refractivity contribution in [1.82, 2.24) is 0 Å². The number of unbranched alkanes of at least 4 members (excludes halogenated alkanes) is 17. The topological polar surface area (TPSA) is 175 Å². The first-order chi connectivity index (χ1) is 34.6. The highest BCUT2D eigenvalue weighted by Gasteiger charge is 2.50. The molecule has 0 aromatic rings. The summed E-state index contributed by atoms with van der Waals surface area (Å²) in [5.74, 6) is -3.22. The van der Waals surface area contributed by atoms with Gasteiger partial charge in [-0.25, -0.2) is 4.79 Å². The summed E-state index contributed by atoms with van der Waals surface area (Å²) in [6, 6.07) is 0. The number of esters is 3. The average molecular weight is 997 g/mol. The molecule has 0 bridgehead atoms. The van der Waals surface area contributed by atoms with Crippen molar-refractivity contribution in [2.45, 2.75) is 250 Å². The third-order valence-corrected chi connectivity index (χ3v) is 12.0. The molecule has 404 valence electrons. The van der Waals surface area contributed by atoms with E-state index >= 15 is 0 Å². The highest BCUT2D eigenvalue weighted by molar-refractivity contribution is 5.74. The Morgan fingerprint density at radius 1 is 0.479 bits per heavy atom. The molecule has 1 fully saturated rings. The molecule has 1 aliphatic rings. The van der Waals surface area contributed by atoms with Crippen LogP contribution in [0.15, 0.2) is 85.1 Å². The number of hydrogen-bond donors (Lipinski definition) is 3. The molecule has 3 N–H and O–H groups in total. The number of aliphatic hydroxyl groups is 2. The minimum Gasteiger partial charge on any atom is -0.479 e. The zero-order valence-corrected chi connectivity index (χ0v) is 44.2. The van der Waals surface area contributed by atoms with Crippen molar-refractivity contribution < 1.29 is 58.2 Å². The molecular formula is C59H96O12. The maximum atomic E-state index is 13.1. The van der Waals surface area contributed by atoms with Gasteiger partial charge in [0.1, 0.15) is 18.8 Å². The second-order valence-electron chi connectivity index (χ2n) is 18.5. The highest BCUT2D eigenvalue weighted by Crippen LogP contribution is 2.26. The molecule has 0 amide bonds. The van der Waals surface area contributed by atoms with E-state index in [1.165, 1.54) is 57.8 Å². The standard InChI is InChI=1S/C59H96O12/c1-4-7-10-13-16-19-22-25-26-29-30-33-36-39-42-45-51(60)67-48-50(69-52(61)46-43-40-37-34-31-27-23-20-17-14-11-8-5-2)49-68-59-57(55(64)54(63)56(71-59)58(65)66)70-53(62)47-44-41-38-35-32-28-24-21-18-15-12-9-6-3/h7,9-10,12,16,18-19,21,25-26,28,30,32-33,50,54-57,59,63-64H,4-6,8,11,13-15,17,20,22-24,27,29,31,34-49H2,1-3H3,(H,65,66)/b10-7-,12-9-,19-16-,21-18-,26-25-,32-28-,33-30-. The van der Waals surface area contributed by atoms with Crippen LogP contribution in [0.25, 0.3) is 0 Å². The van der Waals surface area contributed by atoms with Crippen LogP contribution in [-0.4, -0.2) is 89.2 Å². The molecule has 71 heavy (non-hydrogen) atoms. The van der Waals surface area contributed by atoms with E-state index < -0.39 is 67.3 Å². The SMILES string of the molecule is CC/C=C\C/C=C\C/C=C\C/C=C\CCCCC(=O)OCC(COC1OC(C(=O)O)C(O)C(O)C1OC(=O)CCCCC/C=C\C/C=C\C/C=C\CC)OC(=O)CCCCCCCCCCCCCCC. The summed E-state index contributed by atoms with van der Waals surface area (Å²) in [6.07, 6.45) is 47.1. The Bertz CT molecular complexity index is 1560. The van der Waals surface area contributed by atoms with Crippen LogP contribution < -0.4 is 0 Å². The Labute approximate surface area is 429 Å². The van der Waals surface area contributed by atoms with Gasteiger partial charge >= 0.3 is 23.9 Å². The predicted molar refractivity (Wildman–Crippen MR) is 284 cm³/mol. The molecule has 1 saturated heterocycles. The number of rotatable bonds is 45. The number of aliphatic carboxylic acids is 1. The fraction of sp³-hybridized carbons (Fsp3) is 0.695. The largest absolute Gasteiger partial charge is 0.479 e. The Hall–Kier alpha value is -4.10. The Kier molecular flexibility index (Phi) is 42.9. The fourth-order valence-corrected chi connectivity index (χ4v) is 7.78. The van der Waals surface area contributed by atoms with Crippen molar-refractivity contribution in [1.29, 1.82) is 0 Å². The van der Waals surface area contributed by atoms with E-state index in [0.29, 0.717) is 19.3 Å². The van der Waals surface area contributed by atoms with Crippen molar-refractivity contribution in [3.8, 4) is 0 Å². The summed E-state index contributed by atoms with van der Waals surface area (Å²) < 4.78 is 28.3. The van der Waals surface area contributed by atoms with Crippen LogP contribution in [0.1, 0.15) is 213 Å². The van der Waals surface area contributed by atoms with Crippen LogP contribution in [-0.2, 0) is 42.9 Å². The molecule has 0 aliphatic carbocycles. The molecule has 1 heterocycles. The number of aliphatic hydroxyl groups excluding tert-OH is 2. The van der Waals surface area contributed by atoms with Crippen molar-refractivity contribution in [3.63, 3.8) is 0 Å². The summed E-state index contributed by atoms with van der Waals surface area (Å²) in [5, 5.41) is 31.4. The van der Waals surface area contributed by atoms with Gasteiger partial charge < -0.3 is 39.0 Å². The summed E-state index contributed by atoms with van der Waals surface area (Å²) in [6.45, 7) is 5.69. The minimum atomic E-state index is -1.92. The van der Waals surface area contributed by atoms with Crippen LogP contribution in [0.4, 0.5) is 0 Å². The predicted octanol–water partition coefficient (Wildman–Crippen LogP) is 13.6. The third-order valence-electron chi connectivity index (χ3n) is 12.0. The zero-order chi connectivity index (χ0) is 51.8. The van der Waals surface area contributed by atoms with Gasteiger partial charge in [-0.2, -0.15) is 0 Å². The van der Waals surface area contributed by atoms with Gasteiger partial charge in [-0.05, 0) is 89.9 Å². The second-order valence-corrected chi connectivity index (χ2v) is 18.5. The smallest absolute Gasteiger partial charge is 0.335 e. The van der Waals surface area contributed by atoms with Crippen LogP contribution in [0.2, 0.25) is 0 Å². The molecular weight excluding hydrogens is 901 g/mol.